The zero-order valence-electron chi connectivity index (χ0n) is 7.91. The highest BCUT2D eigenvalue weighted by Gasteiger charge is 2.04. The molecule has 0 fully saturated rings. The summed E-state index contributed by atoms with van der Waals surface area (Å²) in [4.78, 5) is 11.4. The molecule has 0 aliphatic heterocycles. The number of hydrogen-bond acceptors (Lipinski definition) is 2. The first kappa shape index (κ1) is 8.75. The lowest BCUT2D eigenvalue weighted by atomic mass is 10.1. The Labute approximate surface area is 81.5 Å². The van der Waals surface area contributed by atoms with Gasteiger partial charge in [-0.05, 0) is 24.6 Å². The van der Waals surface area contributed by atoms with Crippen LogP contribution in [-0.2, 0) is 0 Å². The van der Waals surface area contributed by atoms with E-state index in [1.165, 1.54) is 0 Å². The van der Waals surface area contributed by atoms with Crippen LogP contribution in [0.25, 0.3) is 16.5 Å². The number of fused-ring (bicyclic) bond motifs is 1. The van der Waals surface area contributed by atoms with E-state index in [1.807, 2.05) is 24.3 Å². The van der Waals surface area contributed by atoms with Crippen molar-refractivity contribution < 1.29 is 4.42 Å². The Morgan fingerprint density at radius 3 is 2.79 bits per heavy atom. The third kappa shape index (κ3) is 1.35. The van der Waals surface area contributed by atoms with Crippen LogP contribution in [0.15, 0.2) is 46.1 Å². The van der Waals surface area contributed by atoms with Crippen LogP contribution in [0.3, 0.4) is 0 Å². The van der Waals surface area contributed by atoms with Crippen molar-refractivity contribution >= 4 is 16.5 Å². The van der Waals surface area contributed by atoms with E-state index in [9.17, 15) is 4.79 Å². The summed E-state index contributed by atoms with van der Waals surface area (Å²) in [5, 5.41) is 0.921. The van der Waals surface area contributed by atoms with Crippen LogP contribution >= 0.6 is 0 Å². The van der Waals surface area contributed by atoms with Gasteiger partial charge in [0, 0.05) is 5.39 Å². The van der Waals surface area contributed by atoms with E-state index in [0.717, 1.165) is 11.0 Å². The molecule has 0 amide bonds. The summed E-state index contributed by atoms with van der Waals surface area (Å²) in [6, 6.07) is 9.24. The van der Waals surface area contributed by atoms with Gasteiger partial charge in [0.15, 0.2) is 0 Å². The van der Waals surface area contributed by atoms with E-state index in [-0.39, 0.29) is 5.63 Å². The summed E-state index contributed by atoms with van der Waals surface area (Å²) in [5.74, 6) is 0. The van der Waals surface area contributed by atoms with Crippen molar-refractivity contribution in [2.45, 2.75) is 6.92 Å². The third-order valence-corrected chi connectivity index (χ3v) is 2.10. The molecular formula is C12H10O2. The maximum absolute atomic E-state index is 11.4. The number of rotatable bonds is 1. The molecule has 0 bridgehead atoms. The van der Waals surface area contributed by atoms with Crippen molar-refractivity contribution in [1.82, 2.24) is 0 Å². The lowest BCUT2D eigenvalue weighted by Crippen LogP contribution is -2.04. The van der Waals surface area contributed by atoms with Gasteiger partial charge in [0.2, 0.25) is 0 Å². The molecule has 0 saturated carbocycles. The first-order chi connectivity index (χ1) is 6.68. The van der Waals surface area contributed by atoms with E-state index in [2.05, 4.69) is 6.58 Å². The van der Waals surface area contributed by atoms with E-state index in [1.54, 1.807) is 13.0 Å². The molecule has 14 heavy (non-hydrogen) atoms. The minimum Gasteiger partial charge on any atom is -0.422 e. The Hall–Kier alpha value is -1.83. The molecule has 2 aromatic rings. The quantitative estimate of drug-likeness (QED) is 0.641. The van der Waals surface area contributed by atoms with Gasteiger partial charge in [-0.2, -0.15) is 0 Å². The second kappa shape index (κ2) is 3.14. The lowest BCUT2D eigenvalue weighted by molar-refractivity contribution is 0.558. The van der Waals surface area contributed by atoms with E-state index in [0.29, 0.717) is 11.1 Å². The lowest BCUT2D eigenvalue weighted by Gasteiger charge is -1.99. The SMILES string of the molecule is C=C(C)c1cc2ccccc2oc1=O. The molecule has 2 rings (SSSR count). The van der Waals surface area contributed by atoms with Crippen molar-refractivity contribution in [3.63, 3.8) is 0 Å². The first-order valence-electron chi connectivity index (χ1n) is 4.37. The van der Waals surface area contributed by atoms with E-state index < -0.39 is 0 Å². The molecule has 2 nitrogen and oxygen atoms in total. The van der Waals surface area contributed by atoms with Gasteiger partial charge in [-0.1, -0.05) is 24.8 Å². The Kier molecular flexibility index (Phi) is 1.97. The third-order valence-electron chi connectivity index (χ3n) is 2.10. The van der Waals surface area contributed by atoms with Crippen LogP contribution in [0, 0.1) is 0 Å². The predicted molar refractivity (Wildman–Crippen MR) is 57.2 cm³/mol. The van der Waals surface area contributed by atoms with Crippen molar-refractivity contribution in [2.75, 3.05) is 0 Å². The van der Waals surface area contributed by atoms with Crippen LogP contribution in [0.1, 0.15) is 12.5 Å². The van der Waals surface area contributed by atoms with Crippen LogP contribution in [0.5, 0.6) is 0 Å². The smallest absolute Gasteiger partial charge is 0.343 e. The van der Waals surface area contributed by atoms with E-state index in [4.69, 9.17) is 4.42 Å². The van der Waals surface area contributed by atoms with Gasteiger partial charge >= 0.3 is 5.63 Å². The van der Waals surface area contributed by atoms with Crippen LogP contribution in [-0.4, -0.2) is 0 Å². The van der Waals surface area contributed by atoms with Gasteiger partial charge in [-0.25, -0.2) is 4.79 Å². The largest absolute Gasteiger partial charge is 0.422 e. The zero-order valence-corrected chi connectivity index (χ0v) is 7.91. The monoisotopic (exact) mass is 186 g/mol. The van der Waals surface area contributed by atoms with Crippen LogP contribution in [0.4, 0.5) is 0 Å². The summed E-state index contributed by atoms with van der Waals surface area (Å²) in [6.45, 7) is 5.53. The highest BCUT2D eigenvalue weighted by molar-refractivity contribution is 5.79. The second-order valence-electron chi connectivity index (χ2n) is 3.27. The molecule has 0 aliphatic rings. The molecule has 0 saturated heterocycles. The average Bonchev–Trinajstić information content (AvgIpc) is 2.16. The van der Waals surface area contributed by atoms with Crippen molar-refractivity contribution in [1.29, 1.82) is 0 Å². The average molecular weight is 186 g/mol. The van der Waals surface area contributed by atoms with Gasteiger partial charge in [-0.3, -0.25) is 0 Å². The number of hydrogen-bond donors (Lipinski definition) is 0. The van der Waals surface area contributed by atoms with Crippen molar-refractivity contribution in [3.05, 3.63) is 52.9 Å². The zero-order chi connectivity index (χ0) is 10.1. The fourth-order valence-electron chi connectivity index (χ4n) is 1.36. The van der Waals surface area contributed by atoms with Gasteiger partial charge in [0.25, 0.3) is 0 Å². The van der Waals surface area contributed by atoms with Gasteiger partial charge in [-0.15, -0.1) is 0 Å². The molecule has 1 aromatic heterocycles. The first-order valence-corrected chi connectivity index (χ1v) is 4.37. The number of benzene rings is 1. The molecule has 0 unspecified atom stereocenters. The Morgan fingerprint density at radius 2 is 2.07 bits per heavy atom. The number of para-hydroxylation sites is 1. The summed E-state index contributed by atoms with van der Waals surface area (Å²) >= 11 is 0. The molecule has 0 atom stereocenters. The Bertz CT molecular complexity index is 549. The minimum atomic E-state index is -0.323. The topological polar surface area (TPSA) is 30.2 Å². The molecule has 70 valence electrons. The summed E-state index contributed by atoms with van der Waals surface area (Å²) < 4.78 is 5.14. The van der Waals surface area contributed by atoms with Gasteiger partial charge < -0.3 is 4.42 Å². The Balaban J connectivity index is 2.84. The second-order valence-corrected chi connectivity index (χ2v) is 3.27. The molecule has 0 radical (unpaired) electrons. The van der Waals surface area contributed by atoms with Crippen LogP contribution < -0.4 is 5.63 Å². The van der Waals surface area contributed by atoms with Gasteiger partial charge in [0.1, 0.15) is 5.58 Å². The maximum atomic E-state index is 11.4. The maximum Gasteiger partial charge on any atom is 0.343 e. The summed E-state index contributed by atoms with van der Waals surface area (Å²) in [6.07, 6.45) is 0. The number of allylic oxidation sites excluding steroid dienone is 1. The molecule has 2 heteroatoms. The predicted octanol–water partition coefficient (Wildman–Crippen LogP) is 2.83. The molecule has 0 spiro atoms. The molecular weight excluding hydrogens is 176 g/mol. The fraction of sp³-hybridized carbons (Fsp3) is 0.0833. The fourth-order valence-corrected chi connectivity index (χ4v) is 1.36. The minimum absolute atomic E-state index is 0.323. The Morgan fingerprint density at radius 1 is 1.36 bits per heavy atom. The van der Waals surface area contributed by atoms with Crippen molar-refractivity contribution in [2.24, 2.45) is 0 Å². The summed E-state index contributed by atoms with van der Waals surface area (Å²) in [7, 11) is 0. The van der Waals surface area contributed by atoms with Gasteiger partial charge in [0.05, 0.1) is 5.56 Å². The summed E-state index contributed by atoms with van der Waals surface area (Å²) in [5.41, 5.74) is 1.56. The molecule has 0 N–H and O–H groups in total. The standard InChI is InChI=1S/C12H10O2/c1-8(2)10-7-9-5-3-4-6-11(9)14-12(10)13/h3-7H,1H2,2H3. The molecule has 1 heterocycles. The molecule has 0 aliphatic carbocycles. The molecule has 1 aromatic carbocycles. The van der Waals surface area contributed by atoms with Crippen LogP contribution in [0.2, 0.25) is 0 Å². The highest BCUT2D eigenvalue weighted by Crippen LogP contribution is 2.15. The highest BCUT2D eigenvalue weighted by atomic mass is 16.4. The van der Waals surface area contributed by atoms with E-state index >= 15 is 0 Å². The van der Waals surface area contributed by atoms with Crippen molar-refractivity contribution in [3.8, 4) is 0 Å². The normalized spacial score (nSPS) is 10.4.